The summed E-state index contributed by atoms with van der Waals surface area (Å²) in [6, 6.07) is 8.71. The maximum atomic E-state index is 11.1. The van der Waals surface area contributed by atoms with Gasteiger partial charge in [-0.25, -0.2) is 0 Å². The highest BCUT2D eigenvalue weighted by Crippen LogP contribution is 2.20. The Bertz CT molecular complexity index is 602. The van der Waals surface area contributed by atoms with Crippen LogP contribution in [-0.4, -0.2) is 24.1 Å². The number of rotatable bonds is 4. The number of benzene rings is 1. The van der Waals surface area contributed by atoms with Gasteiger partial charge in [-0.15, -0.1) is 0 Å². The van der Waals surface area contributed by atoms with E-state index >= 15 is 0 Å². The van der Waals surface area contributed by atoms with Crippen molar-refractivity contribution in [2.75, 3.05) is 7.11 Å². The molecule has 0 radical (unpaired) electrons. The summed E-state index contributed by atoms with van der Waals surface area (Å²) in [5, 5.41) is 11.2. The number of nitrogens with two attached hydrogens (primary N) is 1. The number of aromatic nitrogens is 1. The minimum Gasteiger partial charge on any atom is -0.469 e. The van der Waals surface area contributed by atoms with E-state index < -0.39 is 0 Å². The molecule has 3 N–H and O–H groups in total. The lowest BCUT2D eigenvalue weighted by molar-refractivity contribution is -0.140. The van der Waals surface area contributed by atoms with E-state index in [1.165, 1.54) is 7.11 Å². The molecule has 2 aromatic rings. The number of hydrogen-bond acceptors (Lipinski definition) is 5. The summed E-state index contributed by atoms with van der Waals surface area (Å²) in [5.41, 5.74) is 7.46. The molecule has 1 heterocycles. The van der Waals surface area contributed by atoms with Gasteiger partial charge < -0.3 is 15.0 Å². The van der Waals surface area contributed by atoms with Crippen LogP contribution in [0.1, 0.15) is 11.3 Å². The van der Waals surface area contributed by atoms with Gasteiger partial charge in [0.25, 0.3) is 0 Å². The topological polar surface area (TPSA) is 102 Å². The minimum absolute atomic E-state index is 0.0121. The molecule has 0 saturated heterocycles. The first-order valence-electron chi connectivity index (χ1n) is 5.57. The van der Waals surface area contributed by atoms with Crippen LogP contribution >= 0.6 is 0 Å². The molecule has 0 spiro atoms. The predicted octanol–water partition coefficient (Wildman–Crippen LogP) is 1.34. The molecule has 0 amide bonds. The van der Waals surface area contributed by atoms with Gasteiger partial charge in [-0.1, -0.05) is 29.4 Å². The molecule has 0 aliphatic carbocycles. The molecule has 0 aliphatic rings. The quantitative estimate of drug-likeness (QED) is 0.490. The Hall–Kier alpha value is -2.63. The lowest BCUT2D eigenvalue weighted by Crippen LogP contribution is -2.10. The predicted molar refractivity (Wildman–Crippen MR) is 68.7 cm³/mol. The van der Waals surface area contributed by atoms with Gasteiger partial charge in [0.2, 0.25) is 0 Å². The van der Waals surface area contributed by atoms with E-state index in [4.69, 9.17) is 15.7 Å². The molecule has 1 aromatic carbocycles. The average Bonchev–Trinajstić information content (AvgIpc) is 2.87. The normalized spacial score (nSPS) is 10.2. The number of hydrogen-bond donors (Lipinski definition) is 2. The smallest absolute Gasteiger partial charge is 0.313 e. The van der Waals surface area contributed by atoms with Crippen molar-refractivity contribution in [3.05, 3.63) is 41.7 Å². The standard InChI is InChI=1S/C13H13N3O3/c1-18-12(17)7-10-6-11(16-19-10)8-2-4-9(5-3-8)13(14)15/h2-6H,7H2,1H3,(H3,14,15). The summed E-state index contributed by atoms with van der Waals surface area (Å²) < 4.78 is 9.60. The molecule has 0 unspecified atom stereocenters. The second kappa shape index (κ2) is 5.34. The molecule has 19 heavy (non-hydrogen) atoms. The molecular weight excluding hydrogens is 246 g/mol. The van der Waals surface area contributed by atoms with Gasteiger partial charge >= 0.3 is 5.97 Å². The first kappa shape index (κ1) is 12.8. The highest BCUT2D eigenvalue weighted by atomic mass is 16.5. The number of ether oxygens (including phenoxy) is 1. The van der Waals surface area contributed by atoms with E-state index in [0.29, 0.717) is 17.0 Å². The SMILES string of the molecule is COC(=O)Cc1cc(-c2ccc(C(=N)N)cc2)no1. The van der Waals surface area contributed by atoms with Crippen molar-refractivity contribution in [2.45, 2.75) is 6.42 Å². The Labute approximate surface area is 109 Å². The summed E-state index contributed by atoms with van der Waals surface area (Å²) in [6.45, 7) is 0. The van der Waals surface area contributed by atoms with Gasteiger partial charge in [-0.05, 0) is 0 Å². The molecule has 0 fully saturated rings. The van der Waals surface area contributed by atoms with E-state index in [1.807, 2.05) is 0 Å². The maximum Gasteiger partial charge on any atom is 0.313 e. The van der Waals surface area contributed by atoms with Gasteiger partial charge in [-0.2, -0.15) is 0 Å². The first-order chi connectivity index (χ1) is 9.10. The fourth-order valence-corrected chi connectivity index (χ4v) is 1.57. The lowest BCUT2D eigenvalue weighted by atomic mass is 10.1. The number of nitrogens with one attached hydrogen (secondary N) is 1. The van der Waals surface area contributed by atoms with Gasteiger partial charge in [-0.3, -0.25) is 10.2 Å². The van der Waals surface area contributed by atoms with Crippen molar-refractivity contribution in [2.24, 2.45) is 5.73 Å². The highest BCUT2D eigenvalue weighted by Gasteiger charge is 2.11. The Morgan fingerprint density at radius 3 is 2.68 bits per heavy atom. The van der Waals surface area contributed by atoms with E-state index in [9.17, 15) is 4.79 Å². The van der Waals surface area contributed by atoms with Crippen LogP contribution < -0.4 is 5.73 Å². The van der Waals surface area contributed by atoms with Crippen LogP contribution in [-0.2, 0) is 16.0 Å². The molecule has 0 saturated carbocycles. The van der Waals surface area contributed by atoms with Crippen LogP contribution in [0.25, 0.3) is 11.3 Å². The van der Waals surface area contributed by atoms with Crippen LogP contribution in [0.5, 0.6) is 0 Å². The molecular formula is C13H13N3O3. The Kier molecular flexibility index (Phi) is 3.61. The second-order valence-electron chi connectivity index (χ2n) is 3.92. The van der Waals surface area contributed by atoms with Crippen molar-refractivity contribution < 1.29 is 14.1 Å². The van der Waals surface area contributed by atoms with E-state index in [0.717, 1.165) is 5.56 Å². The number of carbonyl (C=O) groups excluding carboxylic acids is 1. The average molecular weight is 259 g/mol. The minimum atomic E-state index is -0.380. The van der Waals surface area contributed by atoms with Crippen LogP contribution in [0.4, 0.5) is 0 Å². The number of esters is 1. The molecule has 6 heteroatoms. The van der Waals surface area contributed by atoms with Crippen LogP contribution in [0.3, 0.4) is 0 Å². The van der Waals surface area contributed by atoms with Crippen LogP contribution in [0.15, 0.2) is 34.9 Å². The zero-order valence-electron chi connectivity index (χ0n) is 10.3. The summed E-state index contributed by atoms with van der Waals surface area (Å²) in [4.78, 5) is 11.1. The van der Waals surface area contributed by atoms with Crippen molar-refractivity contribution in [3.63, 3.8) is 0 Å². The molecule has 6 nitrogen and oxygen atoms in total. The summed E-state index contributed by atoms with van der Waals surface area (Å²) in [6.07, 6.45) is 0.0506. The Morgan fingerprint density at radius 1 is 1.42 bits per heavy atom. The third-order valence-electron chi connectivity index (χ3n) is 2.60. The van der Waals surface area contributed by atoms with E-state index in [2.05, 4.69) is 9.89 Å². The molecule has 0 atom stereocenters. The van der Waals surface area contributed by atoms with Crippen molar-refractivity contribution in [1.29, 1.82) is 5.41 Å². The molecule has 0 bridgehead atoms. The Morgan fingerprint density at radius 2 is 2.11 bits per heavy atom. The van der Waals surface area contributed by atoms with Gasteiger partial charge in [0.1, 0.15) is 23.7 Å². The summed E-state index contributed by atoms with van der Waals surface area (Å²) in [5.74, 6) is 0.0743. The Balaban J connectivity index is 2.18. The highest BCUT2D eigenvalue weighted by molar-refractivity contribution is 5.95. The zero-order chi connectivity index (χ0) is 13.8. The number of carbonyl (C=O) groups is 1. The fourth-order valence-electron chi connectivity index (χ4n) is 1.57. The van der Waals surface area contributed by atoms with Gasteiger partial charge in [0.15, 0.2) is 0 Å². The number of nitrogens with zero attached hydrogens (tertiary/aromatic N) is 1. The van der Waals surface area contributed by atoms with Gasteiger partial charge in [0.05, 0.1) is 7.11 Å². The van der Waals surface area contributed by atoms with Crippen molar-refractivity contribution >= 4 is 11.8 Å². The third kappa shape index (κ3) is 2.98. The van der Waals surface area contributed by atoms with Crippen molar-refractivity contribution in [1.82, 2.24) is 5.16 Å². The third-order valence-corrected chi connectivity index (χ3v) is 2.60. The van der Waals surface area contributed by atoms with Gasteiger partial charge in [0, 0.05) is 17.2 Å². The first-order valence-corrected chi connectivity index (χ1v) is 5.57. The second-order valence-corrected chi connectivity index (χ2v) is 3.92. The molecule has 2 rings (SSSR count). The number of amidine groups is 1. The van der Waals surface area contributed by atoms with E-state index in [-0.39, 0.29) is 18.2 Å². The summed E-state index contributed by atoms with van der Waals surface area (Å²) >= 11 is 0. The van der Waals surface area contributed by atoms with Crippen LogP contribution in [0, 0.1) is 5.41 Å². The molecule has 1 aromatic heterocycles. The van der Waals surface area contributed by atoms with Crippen LogP contribution in [0.2, 0.25) is 0 Å². The summed E-state index contributed by atoms with van der Waals surface area (Å²) in [7, 11) is 1.32. The molecule has 0 aliphatic heterocycles. The van der Waals surface area contributed by atoms with E-state index in [1.54, 1.807) is 30.3 Å². The van der Waals surface area contributed by atoms with Crippen molar-refractivity contribution in [3.8, 4) is 11.3 Å². The lowest BCUT2D eigenvalue weighted by Gasteiger charge is -1.99. The number of nitrogen functional groups attached to an aromatic ring is 1. The zero-order valence-corrected chi connectivity index (χ0v) is 10.3. The monoisotopic (exact) mass is 259 g/mol. The maximum absolute atomic E-state index is 11.1. The number of methoxy groups -OCH3 is 1. The molecule has 98 valence electrons. The largest absolute Gasteiger partial charge is 0.469 e. The fraction of sp³-hybridized carbons (Fsp3) is 0.154.